The van der Waals surface area contributed by atoms with Crippen molar-refractivity contribution < 1.29 is 0 Å². The molecular weight excluding hydrogens is 146 g/mol. The summed E-state index contributed by atoms with van der Waals surface area (Å²) in [6.45, 7) is 4.38. The van der Waals surface area contributed by atoms with Gasteiger partial charge in [0, 0.05) is 6.04 Å². The van der Waals surface area contributed by atoms with E-state index in [-0.39, 0.29) is 6.04 Å². The van der Waals surface area contributed by atoms with E-state index in [0.29, 0.717) is 5.41 Å². The van der Waals surface area contributed by atoms with E-state index in [9.17, 15) is 0 Å². The minimum absolute atomic E-state index is 0.212. The third-order valence-electron chi connectivity index (χ3n) is 2.80. The summed E-state index contributed by atoms with van der Waals surface area (Å²) >= 11 is 0. The molecule has 0 bridgehead atoms. The normalized spacial score (nSPS) is 25.9. The summed E-state index contributed by atoms with van der Waals surface area (Å²) in [6, 6.07) is 0.212. The number of allylic oxidation sites excluding steroid dienone is 1. The van der Waals surface area contributed by atoms with E-state index in [1.54, 1.807) is 0 Å². The fourth-order valence-electron chi connectivity index (χ4n) is 1.91. The van der Waals surface area contributed by atoms with Crippen molar-refractivity contribution in [3.05, 3.63) is 12.2 Å². The molecule has 0 aromatic rings. The van der Waals surface area contributed by atoms with Gasteiger partial charge in [0.15, 0.2) is 0 Å². The minimum atomic E-state index is 0.212. The molecule has 70 valence electrons. The van der Waals surface area contributed by atoms with Gasteiger partial charge in [-0.05, 0) is 25.2 Å². The SMILES string of the molecule is CC(N)/C=C/C1(C)CCCCC1. The maximum atomic E-state index is 5.68. The Morgan fingerprint density at radius 1 is 1.25 bits per heavy atom. The van der Waals surface area contributed by atoms with E-state index >= 15 is 0 Å². The van der Waals surface area contributed by atoms with Gasteiger partial charge in [0.25, 0.3) is 0 Å². The van der Waals surface area contributed by atoms with Crippen LogP contribution in [-0.2, 0) is 0 Å². The van der Waals surface area contributed by atoms with Crippen LogP contribution in [0.3, 0.4) is 0 Å². The van der Waals surface area contributed by atoms with Crippen molar-refractivity contribution in [3.8, 4) is 0 Å². The van der Waals surface area contributed by atoms with Crippen molar-refractivity contribution in [2.75, 3.05) is 0 Å². The quantitative estimate of drug-likeness (QED) is 0.629. The summed E-state index contributed by atoms with van der Waals surface area (Å²) in [5, 5.41) is 0. The second-order valence-corrected chi connectivity index (χ2v) is 4.43. The maximum absolute atomic E-state index is 5.68. The van der Waals surface area contributed by atoms with E-state index in [0.717, 1.165) is 0 Å². The van der Waals surface area contributed by atoms with Gasteiger partial charge >= 0.3 is 0 Å². The zero-order chi connectivity index (χ0) is 9.03. The monoisotopic (exact) mass is 167 g/mol. The van der Waals surface area contributed by atoms with E-state index in [4.69, 9.17) is 5.73 Å². The second-order valence-electron chi connectivity index (χ2n) is 4.43. The summed E-state index contributed by atoms with van der Waals surface area (Å²) < 4.78 is 0. The van der Waals surface area contributed by atoms with Gasteiger partial charge in [0.2, 0.25) is 0 Å². The first-order chi connectivity index (χ1) is 5.62. The van der Waals surface area contributed by atoms with Gasteiger partial charge in [-0.3, -0.25) is 0 Å². The molecule has 0 heterocycles. The molecule has 0 spiro atoms. The average molecular weight is 167 g/mol. The van der Waals surface area contributed by atoms with Crippen LogP contribution in [0.25, 0.3) is 0 Å². The lowest BCUT2D eigenvalue weighted by Crippen LogP contribution is -2.19. The Bertz CT molecular complexity index is 152. The smallest absolute Gasteiger partial charge is 0.0195 e. The highest BCUT2D eigenvalue weighted by molar-refractivity contribution is 5.01. The first-order valence-corrected chi connectivity index (χ1v) is 5.07. The molecule has 0 amide bonds. The third kappa shape index (κ3) is 2.98. The van der Waals surface area contributed by atoms with Crippen molar-refractivity contribution in [1.82, 2.24) is 0 Å². The molecule has 0 radical (unpaired) electrons. The highest BCUT2D eigenvalue weighted by Gasteiger charge is 2.23. The van der Waals surface area contributed by atoms with Crippen molar-refractivity contribution in [1.29, 1.82) is 0 Å². The first kappa shape index (κ1) is 9.79. The largest absolute Gasteiger partial charge is 0.325 e. The van der Waals surface area contributed by atoms with Gasteiger partial charge in [-0.15, -0.1) is 0 Å². The molecule has 1 atom stereocenters. The van der Waals surface area contributed by atoms with Crippen molar-refractivity contribution in [2.24, 2.45) is 11.1 Å². The van der Waals surface area contributed by atoms with E-state index < -0.39 is 0 Å². The molecule has 1 heteroatoms. The Hall–Kier alpha value is -0.300. The van der Waals surface area contributed by atoms with E-state index in [2.05, 4.69) is 19.1 Å². The predicted octanol–water partition coefficient (Wildman–Crippen LogP) is 2.86. The number of rotatable bonds is 2. The predicted molar refractivity (Wildman–Crippen MR) is 54.0 cm³/mol. The first-order valence-electron chi connectivity index (χ1n) is 5.07. The lowest BCUT2D eigenvalue weighted by Gasteiger charge is -2.30. The molecule has 1 rings (SSSR count). The summed E-state index contributed by atoms with van der Waals surface area (Å²) in [4.78, 5) is 0. The van der Waals surface area contributed by atoms with Crippen LogP contribution < -0.4 is 5.73 Å². The maximum Gasteiger partial charge on any atom is 0.0195 e. The van der Waals surface area contributed by atoms with Crippen LogP contribution in [0, 0.1) is 5.41 Å². The van der Waals surface area contributed by atoms with Crippen LogP contribution in [0.2, 0.25) is 0 Å². The topological polar surface area (TPSA) is 26.0 Å². The number of hydrogen-bond acceptors (Lipinski definition) is 1. The number of nitrogens with two attached hydrogens (primary N) is 1. The zero-order valence-corrected chi connectivity index (χ0v) is 8.34. The molecule has 1 saturated carbocycles. The van der Waals surface area contributed by atoms with Gasteiger partial charge in [0.1, 0.15) is 0 Å². The molecule has 1 aliphatic carbocycles. The molecule has 0 aromatic carbocycles. The number of hydrogen-bond donors (Lipinski definition) is 1. The van der Waals surface area contributed by atoms with Gasteiger partial charge in [-0.1, -0.05) is 38.3 Å². The van der Waals surface area contributed by atoms with Gasteiger partial charge < -0.3 is 5.73 Å². The van der Waals surface area contributed by atoms with Crippen LogP contribution in [-0.4, -0.2) is 6.04 Å². The summed E-state index contributed by atoms with van der Waals surface area (Å²) in [7, 11) is 0. The molecule has 1 unspecified atom stereocenters. The Labute approximate surface area is 76.0 Å². The Balaban J connectivity index is 2.46. The average Bonchev–Trinajstić information content (AvgIpc) is 2.03. The molecule has 0 aliphatic heterocycles. The third-order valence-corrected chi connectivity index (χ3v) is 2.80. The van der Waals surface area contributed by atoms with Gasteiger partial charge in [-0.2, -0.15) is 0 Å². The molecular formula is C11H21N. The van der Waals surface area contributed by atoms with Crippen LogP contribution >= 0.6 is 0 Å². The van der Waals surface area contributed by atoms with Crippen LogP contribution in [0.1, 0.15) is 46.0 Å². The molecule has 2 N–H and O–H groups in total. The highest BCUT2D eigenvalue weighted by atomic mass is 14.6. The fraction of sp³-hybridized carbons (Fsp3) is 0.818. The lowest BCUT2D eigenvalue weighted by molar-refractivity contribution is 0.285. The van der Waals surface area contributed by atoms with Crippen molar-refractivity contribution >= 4 is 0 Å². The van der Waals surface area contributed by atoms with E-state index in [1.165, 1.54) is 32.1 Å². The second kappa shape index (κ2) is 4.08. The molecule has 0 aromatic heterocycles. The van der Waals surface area contributed by atoms with Crippen LogP contribution in [0.5, 0.6) is 0 Å². The standard InChI is InChI=1S/C11H21N/c1-10(12)6-9-11(2)7-4-3-5-8-11/h6,9-10H,3-5,7-8,12H2,1-2H3/b9-6+. The van der Waals surface area contributed by atoms with Crippen molar-refractivity contribution in [2.45, 2.75) is 52.0 Å². The highest BCUT2D eigenvalue weighted by Crippen LogP contribution is 2.36. The molecule has 12 heavy (non-hydrogen) atoms. The summed E-state index contributed by atoms with van der Waals surface area (Å²) in [5.74, 6) is 0. The van der Waals surface area contributed by atoms with Gasteiger partial charge in [0.05, 0.1) is 0 Å². The van der Waals surface area contributed by atoms with E-state index in [1.807, 2.05) is 6.92 Å². The van der Waals surface area contributed by atoms with Crippen LogP contribution in [0.4, 0.5) is 0 Å². The Kier molecular flexibility index (Phi) is 3.33. The minimum Gasteiger partial charge on any atom is -0.325 e. The zero-order valence-electron chi connectivity index (χ0n) is 8.34. The summed E-state index contributed by atoms with van der Waals surface area (Å²) in [5.41, 5.74) is 6.13. The molecule has 1 fully saturated rings. The summed E-state index contributed by atoms with van der Waals surface area (Å²) in [6.07, 6.45) is 11.4. The van der Waals surface area contributed by atoms with Crippen molar-refractivity contribution in [3.63, 3.8) is 0 Å². The molecule has 0 saturated heterocycles. The molecule has 1 aliphatic rings. The Morgan fingerprint density at radius 3 is 2.33 bits per heavy atom. The van der Waals surface area contributed by atoms with Gasteiger partial charge in [-0.25, -0.2) is 0 Å². The molecule has 1 nitrogen and oxygen atoms in total. The fourth-order valence-corrected chi connectivity index (χ4v) is 1.91. The lowest BCUT2D eigenvalue weighted by atomic mass is 9.75. The van der Waals surface area contributed by atoms with Crippen LogP contribution in [0.15, 0.2) is 12.2 Å². The Morgan fingerprint density at radius 2 is 1.83 bits per heavy atom.